The van der Waals surface area contributed by atoms with Crippen molar-refractivity contribution in [1.82, 2.24) is 0 Å². The molecule has 6 nitrogen and oxygen atoms in total. The van der Waals surface area contributed by atoms with E-state index in [9.17, 15) is 23.5 Å². The third-order valence-corrected chi connectivity index (χ3v) is 6.98. The van der Waals surface area contributed by atoms with Crippen molar-refractivity contribution < 1.29 is 23.1 Å². The molecule has 2 aliphatic rings. The second-order valence-electron chi connectivity index (χ2n) is 9.24. The summed E-state index contributed by atoms with van der Waals surface area (Å²) in [5, 5.41) is 13.1. The number of para-hydroxylation sites is 1. The molecule has 3 aromatic rings. The highest BCUT2D eigenvalue weighted by atomic mass is 19.3. The van der Waals surface area contributed by atoms with Gasteiger partial charge in [-0.15, -0.1) is 0 Å². The van der Waals surface area contributed by atoms with Crippen LogP contribution in [-0.2, 0) is 0 Å². The second kappa shape index (κ2) is 7.30. The molecular weight excluding hydrogens is 430 g/mol. The summed E-state index contributed by atoms with van der Waals surface area (Å²) in [6.07, 6.45) is 0.385. The molecule has 1 saturated carbocycles. The highest BCUT2D eigenvalue weighted by Gasteiger charge is 2.67. The molecule has 1 saturated heterocycles. The van der Waals surface area contributed by atoms with Gasteiger partial charge in [0.15, 0.2) is 11.3 Å². The Morgan fingerprint density at radius 2 is 1.91 bits per heavy atom. The van der Waals surface area contributed by atoms with Crippen molar-refractivity contribution >= 4 is 28.5 Å². The summed E-state index contributed by atoms with van der Waals surface area (Å²) in [7, 11) is 0. The summed E-state index contributed by atoms with van der Waals surface area (Å²) in [4.78, 5) is 26.2. The Hall–Kier alpha value is -3.42. The van der Waals surface area contributed by atoms with Crippen LogP contribution in [0.3, 0.4) is 0 Å². The lowest BCUT2D eigenvalue weighted by Gasteiger charge is -2.59. The lowest BCUT2D eigenvalue weighted by Crippen LogP contribution is -2.70. The number of carbonyl (C=O) groups is 1. The van der Waals surface area contributed by atoms with Crippen LogP contribution in [-0.4, -0.2) is 30.1 Å². The molecule has 172 valence electrons. The summed E-state index contributed by atoms with van der Waals surface area (Å²) >= 11 is 0. The standard InChI is InChI=1S/C25H24F2N2O4/c1-14-9-17(15(2)28-19-6-4-3-5-16(19)23(31)32)22-18(10-14)20(30)11-21(33-22)29-12-24(13-29)7-8-25(24,26)27/h3-6,9-11,15,28H,7-8,12-13H2,1-2H3,(H,31,32). The topological polar surface area (TPSA) is 82.8 Å². The predicted octanol–water partition coefficient (Wildman–Crippen LogP) is 5.21. The van der Waals surface area contributed by atoms with Gasteiger partial charge in [0.25, 0.3) is 5.92 Å². The van der Waals surface area contributed by atoms with Gasteiger partial charge in [0, 0.05) is 36.8 Å². The minimum Gasteiger partial charge on any atom is -0.478 e. The van der Waals surface area contributed by atoms with Gasteiger partial charge >= 0.3 is 5.97 Å². The lowest BCUT2D eigenvalue weighted by atomic mass is 9.60. The van der Waals surface area contributed by atoms with Crippen LogP contribution in [0.15, 0.2) is 51.7 Å². The third-order valence-electron chi connectivity index (χ3n) is 6.98. The first-order chi connectivity index (χ1) is 15.6. The van der Waals surface area contributed by atoms with E-state index in [1.54, 1.807) is 29.2 Å². The smallest absolute Gasteiger partial charge is 0.337 e. The Morgan fingerprint density at radius 3 is 2.55 bits per heavy atom. The van der Waals surface area contributed by atoms with Gasteiger partial charge in [0.1, 0.15) is 5.58 Å². The number of alkyl halides is 2. The van der Waals surface area contributed by atoms with Gasteiger partial charge in [0.05, 0.1) is 22.4 Å². The molecule has 33 heavy (non-hydrogen) atoms. The number of nitrogens with one attached hydrogen (secondary N) is 1. The highest BCUT2D eigenvalue weighted by Crippen LogP contribution is 2.59. The SMILES string of the molecule is Cc1cc(C(C)Nc2ccccc2C(=O)O)c2oc(N3CC4(CCC4(F)F)C3)cc(=O)c2c1. The number of fused-ring (bicyclic) bond motifs is 1. The van der Waals surface area contributed by atoms with Crippen LogP contribution in [0.5, 0.6) is 0 Å². The van der Waals surface area contributed by atoms with Gasteiger partial charge in [0.2, 0.25) is 0 Å². The van der Waals surface area contributed by atoms with Crippen LogP contribution in [0.4, 0.5) is 20.4 Å². The van der Waals surface area contributed by atoms with Crippen LogP contribution in [0.25, 0.3) is 11.0 Å². The molecular formula is C25H24F2N2O4. The number of carboxylic acid groups (broad SMARTS) is 1. The van der Waals surface area contributed by atoms with Crippen LogP contribution in [0.2, 0.25) is 0 Å². The molecule has 1 aliphatic carbocycles. The summed E-state index contributed by atoms with van der Waals surface area (Å²) in [6, 6.07) is 11.2. The molecule has 0 amide bonds. The zero-order valence-corrected chi connectivity index (χ0v) is 18.3. The molecule has 1 aromatic heterocycles. The van der Waals surface area contributed by atoms with Crippen molar-refractivity contribution in [3.8, 4) is 0 Å². The number of benzene rings is 2. The molecule has 1 unspecified atom stereocenters. The fourth-order valence-electron chi connectivity index (χ4n) is 4.90. The molecule has 2 heterocycles. The van der Waals surface area contributed by atoms with Crippen molar-refractivity contribution in [2.24, 2.45) is 5.41 Å². The van der Waals surface area contributed by atoms with E-state index in [-0.39, 0.29) is 42.4 Å². The van der Waals surface area contributed by atoms with E-state index in [1.165, 1.54) is 12.1 Å². The number of aromatic carboxylic acids is 1. The third kappa shape index (κ3) is 3.35. The highest BCUT2D eigenvalue weighted by molar-refractivity contribution is 5.94. The Bertz CT molecular complexity index is 1330. The first-order valence-corrected chi connectivity index (χ1v) is 10.9. The van der Waals surface area contributed by atoms with Crippen molar-refractivity contribution in [3.63, 3.8) is 0 Å². The minimum absolute atomic E-state index is 0.0903. The predicted molar refractivity (Wildman–Crippen MR) is 121 cm³/mol. The number of carboxylic acids is 1. The summed E-state index contributed by atoms with van der Waals surface area (Å²) < 4.78 is 34.1. The molecule has 1 spiro atoms. The van der Waals surface area contributed by atoms with E-state index in [0.29, 0.717) is 28.6 Å². The molecule has 0 bridgehead atoms. The van der Waals surface area contributed by atoms with E-state index in [4.69, 9.17) is 4.42 Å². The zero-order chi connectivity index (χ0) is 23.5. The number of hydrogen-bond acceptors (Lipinski definition) is 5. The molecule has 0 radical (unpaired) electrons. The zero-order valence-electron chi connectivity index (χ0n) is 18.3. The van der Waals surface area contributed by atoms with Gasteiger partial charge in [-0.2, -0.15) is 0 Å². The number of anilines is 2. The molecule has 1 atom stereocenters. The Balaban J connectivity index is 1.51. The average Bonchev–Trinajstić information content (AvgIpc) is 2.72. The number of nitrogens with zero attached hydrogens (tertiary/aromatic N) is 1. The Labute approximate surface area is 188 Å². The van der Waals surface area contributed by atoms with Gasteiger partial charge in [-0.1, -0.05) is 18.2 Å². The largest absolute Gasteiger partial charge is 0.478 e. The van der Waals surface area contributed by atoms with Crippen molar-refractivity contribution in [2.45, 2.75) is 38.7 Å². The Morgan fingerprint density at radius 1 is 1.18 bits per heavy atom. The maximum Gasteiger partial charge on any atom is 0.337 e. The summed E-state index contributed by atoms with van der Waals surface area (Å²) in [6.45, 7) is 4.05. The van der Waals surface area contributed by atoms with E-state index in [0.717, 1.165) is 5.56 Å². The fourth-order valence-corrected chi connectivity index (χ4v) is 4.90. The van der Waals surface area contributed by atoms with Crippen LogP contribution >= 0.6 is 0 Å². The van der Waals surface area contributed by atoms with E-state index in [1.807, 2.05) is 19.9 Å². The number of rotatable bonds is 5. The first kappa shape index (κ1) is 21.4. The van der Waals surface area contributed by atoms with Gasteiger partial charge in [-0.25, -0.2) is 13.6 Å². The number of halogens is 2. The molecule has 8 heteroatoms. The van der Waals surface area contributed by atoms with E-state index < -0.39 is 17.3 Å². The van der Waals surface area contributed by atoms with Gasteiger partial charge in [-0.05, 0) is 44.0 Å². The average molecular weight is 454 g/mol. The number of hydrogen-bond donors (Lipinski definition) is 2. The monoisotopic (exact) mass is 454 g/mol. The second-order valence-corrected chi connectivity index (χ2v) is 9.24. The first-order valence-electron chi connectivity index (χ1n) is 10.9. The summed E-state index contributed by atoms with van der Waals surface area (Å²) in [5.74, 6) is -3.43. The van der Waals surface area contributed by atoms with Crippen LogP contribution in [0, 0.1) is 12.3 Å². The van der Waals surface area contributed by atoms with E-state index >= 15 is 0 Å². The Kier molecular flexibility index (Phi) is 4.74. The van der Waals surface area contributed by atoms with Crippen molar-refractivity contribution in [3.05, 3.63) is 69.4 Å². The maximum absolute atomic E-state index is 14.0. The minimum atomic E-state index is -2.67. The maximum atomic E-state index is 14.0. The molecule has 5 rings (SSSR count). The van der Waals surface area contributed by atoms with Crippen LogP contribution < -0.4 is 15.6 Å². The molecule has 2 aromatic carbocycles. The molecule has 2 N–H and O–H groups in total. The van der Waals surface area contributed by atoms with E-state index in [2.05, 4.69) is 5.32 Å². The van der Waals surface area contributed by atoms with Crippen molar-refractivity contribution in [2.75, 3.05) is 23.3 Å². The molecule has 1 aliphatic heterocycles. The molecule has 2 fully saturated rings. The normalized spacial score (nSPS) is 19.1. The quantitative estimate of drug-likeness (QED) is 0.551. The summed E-state index contributed by atoms with van der Waals surface area (Å²) in [5.41, 5.74) is 1.25. The fraction of sp³-hybridized carbons (Fsp3) is 0.360. The lowest BCUT2D eigenvalue weighted by molar-refractivity contribution is -0.213. The van der Waals surface area contributed by atoms with Gasteiger partial charge < -0.3 is 19.7 Å². The van der Waals surface area contributed by atoms with Crippen LogP contribution in [0.1, 0.15) is 47.3 Å². The van der Waals surface area contributed by atoms with Gasteiger partial charge in [-0.3, -0.25) is 4.79 Å². The number of aryl methyl sites for hydroxylation is 1. The van der Waals surface area contributed by atoms with Crippen molar-refractivity contribution in [1.29, 1.82) is 0 Å².